The zero-order valence-electron chi connectivity index (χ0n) is 13.9. The lowest BCUT2D eigenvalue weighted by Crippen LogP contribution is -2.37. The lowest BCUT2D eigenvalue weighted by atomic mass is 10.1. The van der Waals surface area contributed by atoms with Crippen LogP contribution in [-0.4, -0.2) is 24.5 Å². The molecule has 0 fully saturated rings. The molecular formula is C18H18N2O4S. The second-order valence-corrected chi connectivity index (χ2v) is 6.10. The van der Waals surface area contributed by atoms with Crippen molar-refractivity contribution in [2.75, 3.05) is 11.9 Å². The molecule has 1 heterocycles. The smallest absolute Gasteiger partial charge is 0.331 e. The van der Waals surface area contributed by atoms with Gasteiger partial charge in [-0.2, -0.15) is 11.3 Å². The molecule has 0 saturated carbocycles. The number of thiophene rings is 1. The highest BCUT2D eigenvalue weighted by Crippen LogP contribution is 2.15. The first-order valence-electron chi connectivity index (χ1n) is 7.49. The van der Waals surface area contributed by atoms with E-state index in [1.165, 1.54) is 17.4 Å². The Hall–Kier alpha value is -2.93. The average Bonchev–Trinajstić information content (AvgIpc) is 3.07. The number of urea groups is 1. The summed E-state index contributed by atoms with van der Waals surface area (Å²) in [7, 11) is 0. The van der Waals surface area contributed by atoms with Gasteiger partial charge in [-0.3, -0.25) is 10.1 Å². The molecule has 0 radical (unpaired) electrons. The van der Waals surface area contributed by atoms with Gasteiger partial charge in [0.05, 0.1) is 0 Å². The Labute approximate surface area is 149 Å². The van der Waals surface area contributed by atoms with Crippen LogP contribution in [0.25, 0.3) is 6.08 Å². The largest absolute Gasteiger partial charge is 0.452 e. The number of amides is 3. The highest BCUT2D eigenvalue weighted by atomic mass is 32.1. The zero-order chi connectivity index (χ0) is 18.2. The van der Waals surface area contributed by atoms with E-state index in [9.17, 15) is 14.4 Å². The lowest BCUT2D eigenvalue weighted by Gasteiger charge is -2.09. The Bertz CT molecular complexity index is 797. The normalized spacial score (nSPS) is 10.5. The molecule has 3 amide bonds. The Morgan fingerprint density at radius 2 is 2.00 bits per heavy atom. The minimum absolute atomic E-state index is 0.535. The predicted octanol–water partition coefficient (Wildman–Crippen LogP) is 3.27. The van der Waals surface area contributed by atoms with Gasteiger partial charge in [-0.1, -0.05) is 17.7 Å². The maximum atomic E-state index is 11.8. The number of hydrogen-bond acceptors (Lipinski definition) is 5. The molecule has 0 bridgehead atoms. The van der Waals surface area contributed by atoms with Crippen LogP contribution >= 0.6 is 11.3 Å². The number of hydrogen-bond donors (Lipinski definition) is 2. The molecule has 1 aromatic carbocycles. The summed E-state index contributed by atoms with van der Waals surface area (Å²) in [6, 6.07) is 6.69. The van der Waals surface area contributed by atoms with E-state index in [1.54, 1.807) is 12.1 Å². The van der Waals surface area contributed by atoms with Crippen LogP contribution in [0.3, 0.4) is 0 Å². The monoisotopic (exact) mass is 358 g/mol. The standard InChI is InChI=1S/C18H18N2O4S/c1-12-3-5-15(13(2)9-12)19-18(23)20-16(21)10-24-17(22)6-4-14-7-8-25-11-14/h3-9,11H,10H2,1-2H3,(H2,19,20,21,23)/b6-4+. The minimum Gasteiger partial charge on any atom is -0.452 e. The van der Waals surface area contributed by atoms with E-state index >= 15 is 0 Å². The van der Waals surface area contributed by atoms with E-state index in [1.807, 2.05) is 42.8 Å². The van der Waals surface area contributed by atoms with Gasteiger partial charge in [-0.15, -0.1) is 0 Å². The number of carbonyl (C=O) groups is 3. The molecule has 1 aromatic heterocycles. The highest BCUT2D eigenvalue weighted by molar-refractivity contribution is 7.08. The van der Waals surface area contributed by atoms with Crippen molar-refractivity contribution in [3.63, 3.8) is 0 Å². The fraction of sp³-hybridized carbons (Fsp3) is 0.167. The molecule has 6 nitrogen and oxygen atoms in total. The molecule has 7 heteroatoms. The van der Waals surface area contributed by atoms with Crippen molar-refractivity contribution in [3.8, 4) is 0 Å². The number of ether oxygens (including phenoxy) is 1. The SMILES string of the molecule is Cc1ccc(NC(=O)NC(=O)COC(=O)/C=C/c2ccsc2)c(C)c1. The van der Waals surface area contributed by atoms with Gasteiger partial charge < -0.3 is 10.1 Å². The Morgan fingerprint density at radius 3 is 2.68 bits per heavy atom. The number of anilines is 1. The molecule has 2 N–H and O–H groups in total. The number of esters is 1. The van der Waals surface area contributed by atoms with Crippen LogP contribution in [0.1, 0.15) is 16.7 Å². The molecule has 0 aliphatic rings. The molecular weight excluding hydrogens is 340 g/mol. The van der Waals surface area contributed by atoms with Crippen LogP contribution in [0.2, 0.25) is 0 Å². The Morgan fingerprint density at radius 1 is 1.20 bits per heavy atom. The summed E-state index contributed by atoms with van der Waals surface area (Å²) in [6.07, 6.45) is 2.81. The minimum atomic E-state index is -0.709. The van der Waals surface area contributed by atoms with Crippen molar-refractivity contribution in [1.29, 1.82) is 0 Å². The number of imide groups is 1. The molecule has 2 aromatic rings. The number of aryl methyl sites for hydroxylation is 2. The van der Waals surface area contributed by atoms with Gasteiger partial charge >= 0.3 is 12.0 Å². The second kappa shape index (κ2) is 8.79. The lowest BCUT2D eigenvalue weighted by molar-refractivity contribution is -0.143. The first-order chi connectivity index (χ1) is 11.9. The van der Waals surface area contributed by atoms with E-state index in [0.29, 0.717) is 5.69 Å². The highest BCUT2D eigenvalue weighted by Gasteiger charge is 2.11. The topological polar surface area (TPSA) is 84.5 Å². The fourth-order valence-electron chi connectivity index (χ4n) is 1.99. The third-order valence-electron chi connectivity index (χ3n) is 3.18. The van der Waals surface area contributed by atoms with Gasteiger partial charge in [0.25, 0.3) is 5.91 Å². The molecule has 25 heavy (non-hydrogen) atoms. The van der Waals surface area contributed by atoms with Crippen molar-refractivity contribution in [1.82, 2.24) is 5.32 Å². The van der Waals surface area contributed by atoms with Crippen molar-refractivity contribution in [3.05, 3.63) is 57.8 Å². The molecule has 0 spiro atoms. The zero-order valence-corrected chi connectivity index (χ0v) is 14.7. The summed E-state index contributed by atoms with van der Waals surface area (Å²) in [4.78, 5) is 34.9. The Balaban J connectivity index is 1.75. The maximum Gasteiger partial charge on any atom is 0.331 e. The van der Waals surface area contributed by atoms with E-state index in [4.69, 9.17) is 4.74 Å². The van der Waals surface area contributed by atoms with Crippen LogP contribution in [0.4, 0.5) is 10.5 Å². The van der Waals surface area contributed by atoms with Crippen LogP contribution in [0.5, 0.6) is 0 Å². The maximum absolute atomic E-state index is 11.8. The third-order valence-corrected chi connectivity index (χ3v) is 3.89. The average molecular weight is 358 g/mol. The molecule has 130 valence electrons. The van der Waals surface area contributed by atoms with Gasteiger partial charge in [-0.25, -0.2) is 9.59 Å². The summed E-state index contributed by atoms with van der Waals surface area (Å²) in [5.41, 5.74) is 3.43. The Kier molecular flexibility index (Phi) is 6.47. The van der Waals surface area contributed by atoms with Gasteiger partial charge in [0.15, 0.2) is 6.61 Å². The predicted molar refractivity (Wildman–Crippen MR) is 97.4 cm³/mol. The first kappa shape index (κ1) is 18.4. The summed E-state index contributed by atoms with van der Waals surface area (Å²) in [5, 5.41) is 8.43. The van der Waals surface area contributed by atoms with Crippen LogP contribution in [-0.2, 0) is 14.3 Å². The summed E-state index contributed by atoms with van der Waals surface area (Å²) in [6.45, 7) is 3.26. The molecule has 0 atom stereocenters. The summed E-state index contributed by atoms with van der Waals surface area (Å²) >= 11 is 1.51. The quantitative estimate of drug-likeness (QED) is 0.635. The van der Waals surface area contributed by atoms with Crippen molar-refractivity contribution < 1.29 is 19.1 Å². The van der Waals surface area contributed by atoms with E-state index < -0.39 is 24.5 Å². The number of nitrogens with one attached hydrogen (secondary N) is 2. The molecule has 0 aliphatic carbocycles. The van der Waals surface area contributed by atoms with Gasteiger partial charge in [0, 0.05) is 11.8 Å². The molecule has 0 saturated heterocycles. The van der Waals surface area contributed by atoms with Gasteiger partial charge in [0.2, 0.25) is 0 Å². The van der Waals surface area contributed by atoms with Crippen molar-refractivity contribution >= 4 is 41.0 Å². The van der Waals surface area contributed by atoms with E-state index in [0.717, 1.165) is 16.7 Å². The van der Waals surface area contributed by atoms with Crippen molar-refractivity contribution in [2.45, 2.75) is 13.8 Å². The molecule has 0 aliphatic heterocycles. The summed E-state index contributed by atoms with van der Waals surface area (Å²) < 4.78 is 4.78. The van der Waals surface area contributed by atoms with Crippen LogP contribution < -0.4 is 10.6 Å². The van der Waals surface area contributed by atoms with Crippen LogP contribution in [0, 0.1) is 13.8 Å². The fourth-order valence-corrected chi connectivity index (χ4v) is 2.62. The molecule has 0 unspecified atom stereocenters. The van der Waals surface area contributed by atoms with E-state index in [2.05, 4.69) is 10.6 Å². The van der Waals surface area contributed by atoms with Crippen LogP contribution in [0.15, 0.2) is 41.1 Å². The summed E-state index contributed by atoms with van der Waals surface area (Å²) in [5.74, 6) is -1.37. The number of carbonyl (C=O) groups excluding carboxylic acids is 3. The number of rotatable bonds is 5. The molecule has 2 rings (SSSR count). The van der Waals surface area contributed by atoms with Gasteiger partial charge in [-0.05, 0) is 53.9 Å². The van der Waals surface area contributed by atoms with Crippen molar-refractivity contribution in [2.24, 2.45) is 0 Å². The second-order valence-electron chi connectivity index (χ2n) is 5.32. The number of benzene rings is 1. The third kappa shape index (κ3) is 6.23. The first-order valence-corrected chi connectivity index (χ1v) is 8.43. The van der Waals surface area contributed by atoms with E-state index in [-0.39, 0.29) is 0 Å². The van der Waals surface area contributed by atoms with Gasteiger partial charge in [0.1, 0.15) is 0 Å².